The summed E-state index contributed by atoms with van der Waals surface area (Å²) >= 11 is 0. The van der Waals surface area contributed by atoms with Gasteiger partial charge in [0.1, 0.15) is 41.7 Å². The highest BCUT2D eigenvalue weighted by molar-refractivity contribution is 5.70. The molecular weight excluding hydrogens is 700 g/mol. The van der Waals surface area contributed by atoms with Gasteiger partial charge in [-0.15, -0.1) is 0 Å². The fourth-order valence-corrected chi connectivity index (χ4v) is 5.85. The second kappa shape index (κ2) is 16.7. The number of rotatable bonds is 15. The summed E-state index contributed by atoms with van der Waals surface area (Å²) in [5, 5.41) is 112. The Morgan fingerprint density at radius 1 is 0.731 bits per heavy atom. The molecule has 11 atom stereocenters. The van der Waals surface area contributed by atoms with E-state index in [2.05, 4.69) is 0 Å². The average molecular weight is 745 g/mol. The van der Waals surface area contributed by atoms with E-state index < -0.39 is 111 Å². The Hall–Kier alpha value is -3.41. The minimum Gasteiger partial charge on any atom is -0.504 e. The van der Waals surface area contributed by atoms with Crippen molar-refractivity contribution in [3.63, 3.8) is 0 Å². The number of esters is 1. The number of benzene rings is 2. The van der Waals surface area contributed by atoms with Crippen molar-refractivity contribution in [2.24, 2.45) is 0 Å². The van der Waals surface area contributed by atoms with Crippen LogP contribution < -0.4 is 0 Å². The highest BCUT2D eigenvalue weighted by atomic mass is 16.8. The molecule has 2 aromatic carbocycles. The van der Waals surface area contributed by atoms with Crippen LogP contribution in [-0.4, -0.2) is 168 Å². The summed E-state index contributed by atoms with van der Waals surface area (Å²) in [7, 11) is 0. The molecule has 52 heavy (non-hydrogen) atoms. The van der Waals surface area contributed by atoms with Crippen molar-refractivity contribution in [3.8, 4) is 23.0 Å². The van der Waals surface area contributed by atoms with Gasteiger partial charge in [0.2, 0.25) is 0 Å². The number of carbonyl (C=O) groups is 1. The van der Waals surface area contributed by atoms with Crippen LogP contribution in [0.2, 0.25) is 0 Å². The van der Waals surface area contributed by atoms with Crippen LogP contribution in [0.1, 0.15) is 17.5 Å². The maximum absolute atomic E-state index is 13.3. The van der Waals surface area contributed by atoms with Crippen LogP contribution >= 0.6 is 0 Å². The van der Waals surface area contributed by atoms with Crippen LogP contribution in [-0.2, 0) is 50.8 Å². The second-order valence-electron chi connectivity index (χ2n) is 13.0. The Morgan fingerprint density at radius 3 is 1.85 bits per heavy atom. The smallest absolute Gasteiger partial charge is 0.306 e. The molecule has 0 aromatic heterocycles. The summed E-state index contributed by atoms with van der Waals surface area (Å²) < 4.78 is 39.9. The van der Waals surface area contributed by atoms with E-state index in [0.29, 0.717) is 11.1 Å². The molecule has 3 fully saturated rings. The molecule has 0 radical (unpaired) electrons. The first-order valence-corrected chi connectivity index (χ1v) is 16.4. The predicted molar refractivity (Wildman–Crippen MR) is 168 cm³/mol. The number of aliphatic hydroxyl groups is 7. The van der Waals surface area contributed by atoms with E-state index in [4.69, 9.17) is 33.2 Å². The van der Waals surface area contributed by atoms with Crippen molar-refractivity contribution < 1.29 is 94.1 Å². The third-order valence-corrected chi connectivity index (χ3v) is 9.13. The SMILES string of the molecule is O=C(CCc1ccc(O)c(O)c1)O[C@H]1[C@H](O[C@@H]2OC[C@](O)(CO)[C@H]2O)[C@@H](O)[C@H](OCCc2ccc(O)c(O)c2)O[C@@H]1CO[C@@H]1OC[C@](O)(CO)[C@H]1O. The third kappa shape index (κ3) is 8.85. The molecule has 2 aromatic rings. The van der Waals surface area contributed by atoms with E-state index in [1.165, 1.54) is 36.4 Å². The van der Waals surface area contributed by atoms with Gasteiger partial charge < -0.3 is 89.3 Å². The monoisotopic (exact) mass is 744 g/mol. The molecular formula is C33H44O19. The molecule has 0 aliphatic carbocycles. The number of ether oxygens (including phenoxy) is 7. The highest BCUT2D eigenvalue weighted by Crippen LogP contribution is 2.34. The van der Waals surface area contributed by atoms with Gasteiger partial charge in [0, 0.05) is 6.42 Å². The predicted octanol–water partition coefficient (Wildman–Crippen LogP) is -3.02. The van der Waals surface area contributed by atoms with E-state index >= 15 is 0 Å². The first-order chi connectivity index (χ1) is 24.7. The standard InChI is InChI=1S/C33H44O19/c34-12-32(44)14-48-30(27(32)42)47-11-22-25(51-23(40)6-3-16-1-4-18(36)20(38)9-16)26(52-31-28(43)33(45,13-35)15-49-31)24(41)29(50-22)46-8-7-17-2-5-19(37)21(39)10-17/h1-2,4-5,9-10,22,24-31,34-39,41-45H,3,6-8,11-15H2/t22-,24-,25-,26-,27+,28+,29-,30-,31+,32-,33-/m1/s1. The fraction of sp³-hybridized carbons (Fsp3) is 0.606. The van der Waals surface area contributed by atoms with Gasteiger partial charge in [-0.2, -0.15) is 0 Å². The minimum absolute atomic E-state index is 0.0316. The van der Waals surface area contributed by atoms with Crippen LogP contribution in [0.4, 0.5) is 0 Å². The Morgan fingerprint density at radius 2 is 1.29 bits per heavy atom. The normalized spacial score (nSPS) is 34.8. The Kier molecular flexibility index (Phi) is 12.8. The van der Waals surface area contributed by atoms with Crippen molar-refractivity contribution in [1.29, 1.82) is 0 Å². The molecule has 19 heteroatoms. The van der Waals surface area contributed by atoms with Crippen LogP contribution in [0, 0.1) is 0 Å². The molecule has 5 rings (SSSR count). The van der Waals surface area contributed by atoms with Gasteiger partial charge in [0.25, 0.3) is 0 Å². The van der Waals surface area contributed by atoms with Gasteiger partial charge in [-0.05, 0) is 48.2 Å². The Bertz CT molecular complexity index is 1510. The lowest BCUT2D eigenvalue weighted by Gasteiger charge is -2.44. The number of aryl methyl sites for hydroxylation is 1. The summed E-state index contributed by atoms with van der Waals surface area (Å²) in [4.78, 5) is 13.3. The molecule has 3 aliphatic rings. The average Bonchev–Trinajstić information content (AvgIpc) is 3.58. The lowest BCUT2D eigenvalue weighted by Crippen LogP contribution is -2.63. The van der Waals surface area contributed by atoms with Crippen molar-refractivity contribution in [2.75, 3.05) is 39.6 Å². The number of aliphatic hydroxyl groups excluding tert-OH is 5. The van der Waals surface area contributed by atoms with Crippen molar-refractivity contribution in [2.45, 2.75) is 86.0 Å². The quantitative estimate of drug-likeness (QED) is 0.0639. The van der Waals surface area contributed by atoms with Gasteiger partial charge in [-0.1, -0.05) is 12.1 Å². The summed E-state index contributed by atoms with van der Waals surface area (Å²) in [6, 6.07) is 8.06. The molecule has 3 aliphatic heterocycles. The maximum Gasteiger partial charge on any atom is 0.306 e. The topological polar surface area (TPSA) is 304 Å². The highest BCUT2D eigenvalue weighted by Gasteiger charge is 2.55. The zero-order chi connectivity index (χ0) is 37.8. The van der Waals surface area contributed by atoms with E-state index in [-0.39, 0.29) is 43.1 Å². The first-order valence-electron chi connectivity index (χ1n) is 16.4. The van der Waals surface area contributed by atoms with Gasteiger partial charge in [-0.3, -0.25) is 4.79 Å². The molecule has 0 saturated carbocycles. The zero-order valence-electron chi connectivity index (χ0n) is 27.7. The number of carbonyl (C=O) groups excluding carboxylic acids is 1. The van der Waals surface area contributed by atoms with Crippen LogP contribution in [0.15, 0.2) is 36.4 Å². The summed E-state index contributed by atoms with van der Waals surface area (Å²) in [6.07, 6.45) is -14.8. The number of aromatic hydroxyl groups is 4. The molecule has 290 valence electrons. The van der Waals surface area contributed by atoms with E-state index in [1.807, 2.05) is 0 Å². The molecule has 19 nitrogen and oxygen atoms in total. The van der Waals surface area contributed by atoms with E-state index in [9.17, 15) is 61.0 Å². The second-order valence-corrected chi connectivity index (χ2v) is 13.0. The molecule has 0 bridgehead atoms. The van der Waals surface area contributed by atoms with Gasteiger partial charge in [-0.25, -0.2) is 0 Å². The van der Waals surface area contributed by atoms with Crippen LogP contribution in [0.3, 0.4) is 0 Å². The maximum atomic E-state index is 13.3. The van der Waals surface area contributed by atoms with Crippen LogP contribution in [0.25, 0.3) is 0 Å². The van der Waals surface area contributed by atoms with Crippen molar-refractivity contribution in [1.82, 2.24) is 0 Å². The summed E-state index contributed by atoms with van der Waals surface area (Å²) in [5.41, 5.74) is -3.17. The number of hydrogen-bond acceptors (Lipinski definition) is 19. The molecule has 11 N–H and O–H groups in total. The number of phenols is 4. The molecule has 0 spiro atoms. The molecule has 0 unspecified atom stereocenters. The van der Waals surface area contributed by atoms with Gasteiger partial charge in [0.15, 0.2) is 48.0 Å². The largest absolute Gasteiger partial charge is 0.504 e. The minimum atomic E-state index is -2.13. The van der Waals surface area contributed by atoms with Gasteiger partial charge in [0.05, 0.1) is 39.6 Å². The Labute approximate surface area is 296 Å². The van der Waals surface area contributed by atoms with Crippen molar-refractivity contribution in [3.05, 3.63) is 47.5 Å². The fourth-order valence-electron chi connectivity index (χ4n) is 5.85. The molecule has 0 amide bonds. The van der Waals surface area contributed by atoms with Crippen LogP contribution in [0.5, 0.6) is 23.0 Å². The molecule has 3 saturated heterocycles. The first kappa shape index (κ1) is 39.8. The number of phenolic OH excluding ortho intramolecular Hbond substituents is 4. The summed E-state index contributed by atoms with van der Waals surface area (Å²) in [5.74, 6) is -2.34. The van der Waals surface area contributed by atoms with Gasteiger partial charge >= 0.3 is 5.97 Å². The lowest BCUT2D eigenvalue weighted by molar-refractivity contribution is -0.335. The van der Waals surface area contributed by atoms with Crippen molar-refractivity contribution >= 4 is 5.97 Å². The van der Waals surface area contributed by atoms with E-state index in [0.717, 1.165) is 0 Å². The summed E-state index contributed by atoms with van der Waals surface area (Å²) in [6.45, 7) is -3.52. The molecule has 3 heterocycles. The number of hydrogen-bond donors (Lipinski definition) is 11. The van der Waals surface area contributed by atoms with E-state index in [1.54, 1.807) is 0 Å². The lowest BCUT2D eigenvalue weighted by atomic mass is 9.97. The third-order valence-electron chi connectivity index (χ3n) is 9.13. The zero-order valence-corrected chi connectivity index (χ0v) is 27.7. The Balaban J connectivity index is 1.38.